The van der Waals surface area contributed by atoms with Crippen LogP contribution in [0.4, 0.5) is 0 Å². The van der Waals surface area contributed by atoms with Gasteiger partial charge in [0.2, 0.25) is 10.0 Å². The molecule has 0 atom stereocenters. The second kappa shape index (κ2) is 9.00. The van der Waals surface area contributed by atoms with Crippen molar-refractivity contribution < 1.29 is 22.7 Å². The maximum atomic E-state index is 12.0. The molecule has 1 aliphatic rings. The molecule has 8 heteroatoms. The van der Waals surface area contributed by atoms with E-state index in [0.29, 0.717) is 12.4 Å². The maximum absolute atomic E-state index is 12.0. The minimum absolute atomic E-state index is 0.0747. The molecule has 0 saturated heterocycles. The van der Waals surface area contributed by atoms with E-state index in [1.54, 1.807) is 0 Å². The molecular weight excluding hydrogens is 332 g/mol. The molecule has 1 aromatic rings. The van der Waals surface area contributed by atoms with Gasteiger partial charge in [0.1, 0.15) is 5.75 Å². The predicted molar refractivity (Wildman–Crippen MR) is 89.4 cm³/mol. The van der Waals surface area contributed by atoms with Crippen LogP contribution in [0.1, 0.15) is 25.7 Å². The van der Waals surface area contributed by atoms with Crippen molar-refractivity contribution in [3.8, 4) is 5.75 Å². The van der Waals surface area contributed by atoms with Crippen molar-refractivity contribution >= 4 is 15.9 Å². The lowest BCUT2D eigenvalue weighted by atomic mass is 10.2. The lowest BCUT2D eigenvalue weighted by molar-refractivity contribution is -0.123. The third-order valence-corrected chi connectivity index (χ3v) is 5.30. The summed E-state index contributed by atoms with van der Waals surface area (Å²) in [5, 5.41) is 2.93. The first-order valence-electron chi connectivity index (χ1n) is 8.02. The summed E-state index contributed by atoms with van der Waals surface area (Å²) >= 11 is 0. The summed E-state index contributed by atoms with van der Waals surface area (Å²) in [6.07, 6.45) is 4.35. The molecule has 1 aromatic carbocycles. The highest BCUT2D eigenvalue weighted by molar-refractivity contribution is 7.89. The molecule has 2 rings (SSSR count). The minimum Gasteiger partial charge on any atom is -0.484 e. The van der Waals surface area contributed by atoms with E-state index < -0.39 is 10.0 Å². The van der Waals surface area contributed by atoms with Gasteiger partial charge in [0, 0.05) is 19.7 Å². The van der Waals surface area contributed by atoms with E-state index in [-0.39, 0.29) is 30.0 Å². The number of carbonyl (C=O) groups excluding carboxylic acids is 1. The number of hydrogen-bond donors (Lipinski definition) is 2. The standard InChI is InChI=1S/C16H24N2O5S/c1-22-11-10-17-24(20,21)15-8-6-14(7-9-15)23-12-16(19)18-13-4-2-3-5-13/h6-9,13,17H,2-5,10-12H2,1H3,(H,18,19). The quantitative estimate of drug-likeness (QED) is 0.645. The summed E-state index contributed by atoms with van der Waals surface area (Å²) < 4.78 is 36.6. The third-order valence-electron chi connectivity index (χ3n) is 3.82. The van der Waals surface area contributed by atoms with E-state index in [1.807, 2.05) is 0 Å². The van der Waals surface area contributed by atoms with Crippen molar-refractivity contribution in [3.63, 3.8) is 0 Å². The van der Waals surface area contributed by atoms with E-state index in [9.17, 15) is 13.2 Å². The fraction of sp³-hybridized carbons (Fsp3) is 0.562. The summed E-state index contributed by atoms with van der Waals surface area (Å²) in [6.45, 7) is 0.434. The van der Waals surface area contributed by atoms with Gasteiger partial charge in [0.15, 0.2) is 6.61 Å². The SMILES string of the molecule is COCCNS(=O)(=O)c1ccc(OCC(=O)NC2CCCC2)cc1. The second-order valence-electron chi connectivity index (χ2n) is 5.70. The highest BCUT2D eigenvalue weighted by Gasteiger charge is 2.17. The fourth-order valence-electron chi connectivity index (χ4n) is 2.56. The molecule has 0 radical (unpaired) electrons. The van der Waals surface area contributed by atoms with Crippen molar-refractivity contribution in [1.29, 1.82) is 0 Å². The zero-order valence-electron chi connectivity index (χ0n) is 13.8. The molecule has 2 N–H and O–H groups in total. The van der Waals surface area contributed by atoms with Crippen molar-refractivity contribution in [2.75, 3.05) is 26.9 Å². The molecule has 1 amide bonds. The Morgan fingerprint density at radius 3 is 2.50 bits per heavy atom. The van der Waals surface area contributed by atoms with Crippen LogP contribution in [0, 0.1) is 0 Å². The summed E-state index contributed by atoms with van der Waals surface area (Å²) in [7, 11) is -2.06. The van der Waals surface area contributed by atoms with Crippen LogP contribution in [0.5, 0.6) is 5.75 Å². The van der Waals surface area contributed by atoms with Crippen LogP contribution in [-0.4, -0.2) is 47.2 Å². The van der Waals surface area contributed by atoms with Gasteiger partial charge in [0.05, 0.1) is 11.5 Å². The highest BCUT2D eigenvalue weighted by atomic mass is 32.2. The zero-order chi connectivity index (χ0) is 17.4. The summed E-state index contributed by atoms with van der Waals surface area (Å²) in [5.41, 5.74) is 0. The molecule has 0 spiro atoms. The van der Waals surface area contributed by atoms with Crippen molar-refractivity contribution in [2.45, 2.75) is 36.6 Å². The lowest BCUT2D eigenvalue weighted by Gasteiger charge is -2.12. The van der Waals surface area contributed by atoms with Crippen LogP contribution < -0.4 is 14.8 Å². The summed E-state index contributed by atoms with van der Waals surface area (Å²) in [6, 6.07) is 6.21. The normalized spacial score (nSPS) is 15.4. The Kier molecular flexibility index (Phi) is 7.01. The van der Waals surface area contributed by atoms with E-state index in [2.05, 4.69) is 10.0 Å². The monoisotopic (exact) mass is 356 g/mol. The Balaban J connectivity index is 1.81. The van der Waals surface area contributed by atoms with Gasteiger partial charge >= 0.3 is 0 Å². The average Bonchev–Trinajstić information content (AvgIpc) is 3.06. The number of benzene rings is 1. The Morgan fingerprint density at radius 1 is 1.21 bits per heavy atom. The zero-order valence-corrected chi connectivity index (χ0v) is 14.6. The van der Waals surface area contributed by atoms with Gasteiger partial charge in [-0.25, -0.2) is 13.1 Å². The number of carbonyl (C=O) groups is 1. The molecule has 24 heavy (non-hydrogen) atoms. The van der Waals surface area contributed by atoms with Crippen LogP contribution in [-0.2, 0) is 19.6 Å². The first-order chi connectivity index (χ1) is 11.5. The molecule has 0 bridgehead atoms. The number of nitrogens with one attached hydrogen (secondary N) is 2. The Morgan fingerprint density at radius 2 is 1.88 bits per heavy atom. The molecule has 1 fully saturated rings. The lowest BCUT2D eigenvalue weighted by Crippen LogP contribution is -2.36. The third kappa shape index (κ3) is 5.77. The van der Waals surface area contributed by atoms with Crippen molar-refractivity contribution in [1.82, 2.24) is 10.0 Å². The van der Waals surface area contributed by atoms with Gasteiger partial charge < -0.3 is 14.8 Å². The molecular formula is C16H24N2O5S. The van der Waals surface area contributed by atoms with Gasteiger partial charge in [-0.2, -0.15) is 0 Å². The molecule has 0 unspecified atom stereocenters. The Labute approximate surface area is 142 Å². The van der Waals surface area contributed by atoms with Crippen LogP contribution in [0.2, 0.25) is 0 Å². The second-order valence-corrected chi connectivity index (χ2v) is 7.47. The van der Waals surface area contributed by atoms with Gasteiger partial charge in [-0.05, 0) is 37.1 Å². The number of sulfonamides is 1. The summed E-state index contributed by atoms with van der Waals surface area (Å²) in [5.74, 6) is 0.298. The average molecular weight is 356 g/mol. The number of hydrogen-bond acceptors (Lipinski definition) is 5. The van der Waals surface area contributed by atoms with E-state index in [4.69, 9.17) is 9.47 Å². The number of methoxy groups -OCH3 is 1. The van der Waals surface area contributed by atoms with E-state index >= 15 is 0 Å². The van der Waals surface area contributed by atoms with Gasteiger partial charge in [0.25, 0.3) is 5.91 Å². The van der Waals surface area contributed by atoms with Crippen LogP contribution in [0.25, 0.3) is 0 Å². The smallest absolute Gasteiger partial charge is 0.258 e. The Bertz CT molecular complexity index is 624. The fourth-order valence-corrected chi connectivity index (χ4v) is 3.58. The molecule has 1 aliphatic carbocycles. The molecule has 1 saturated carbocycles. The van der Waals surface area contributed by atoms with E-state index in [1.165, 1.54) is 31.4 Å². The van der Waals surface area contributed by atoms with Crippen LogP contribution >= 0.6 is 0 Å². The topological polar surface area (TPSA) is 93.7 Å². The molecule has 0 aromatic heterocycles. The van der Waals surface area contributed by atoms with Crippen LogP contribution in [0.15, 0.2) is 29.2 Å². The van der Waals surface area contributed by atoms with Crippen LogP contribution in [0.3, 0.4) is 0 Å². The molecule has 0 heterocycles. The first kappa shape index (κ1) is 18.7. The number of rotatable bonds is 9. The minimum atomic E-state index is -3.56. The summed E-state index contributed by atoms with van der Waals surface area (Å²) in [4.78, 5) is 11.9. The van der Waals surface area contributed by atoms with Crippen molar-refractivity contribution in [3.05, 3.63) is 24.3 Å². The first-order valence-corrected chi connectivity index (χ1v) is 9.50. The largest absolute Gasteiger partial charge is 0.484 e. The van der Waals surface area contributed by atoms with Gasteiger partial charge in [-0.15, -0.1) is 0 Å². The molecule has 0 aliphatic heterocycles. The Hall–Kier alpha value is -1.64. The maximum Gasteiger partial charge on any atom is 0.258 e. The number of ether oxygens (including phenoxy) is 2. The number of amides is 1. The van der Waals surface area contributed by atoms with Gasteiger partial charge in [-0.3, -0.25) is 4.79 Å². The van der Waals surface area contributed by atoms with Gasteiger partial charge in [-0.1, -0.05) is 12.8 Å². The predicted octanol–water partition coefficient (Wildman–Crippen LogP) is 1.05. The van der Waals surface area contributed by atoms with Crippen molar-refractivity contribution in [2.24, 2.45) is 0 Å². The molecule has 7 nitrogen and oxygen atoms in total. The highest BCUT2D eigenvalue weighted by Crippen LogP contribution is 2.18. The molecule has 134 valence electrons. The van der Waals surface area contributed by atoms with E-state index in [0.717, 1.165) is 25.7 Å².